The first-order valence-corrected chi connectivity index (χ1v) is 7.51. The Kier molecular flexibility index (Phi) is 3.93. The van der Waals surface area contributed by atoms with E-state index in [9.17, 15) is 9.90 Å². The molecule has 3 aliphatic rings. The fourth-order valence-electron chi connectivity index (χ4n) is 3.88. The molecule has 0 radical (unpaired) electrons. The number of nitrogens with two attached hydrogens (primary N) is 1. The molecule has 6 heteroatoms. The molecule has 1 aromatic rings. The molecule has 0 aromatic heterocycles. The average molecular weight is 325 g/mol. The van der Waals surface area contributed by atoms with Crippen LogP contribution in [0.3, 0.4) is 0 Å². The van der Waals surface area contributed by atoms with Crippen LogP contribution in [-0.2, 0) is 11.3 Å². The van der Waals surface area contributed by atoms with Crippen molar-refractivity contribution in [3.8, 4) is 0 Å². The fraction of sp³-hybridized carbons (Fsp3) is 0.562. The molecule has 3 N–H and O–H groups in total. The molecular formula is C16H21ClN2O3. The molecule has 2 fully saturated rings. The SMILES string of the molecule is Cc1c([C@@H](O)CN2CC3C(N)C3C2)ccc2c1COC2=O.Cl. The highest BCUT2D eigenvalue weighted by Crippen LogP contribution is 2.44. The van der Waals surface area contributed by atoms with Crippen LogP contribution in [-0.4, -0.2) is 41.7 Å². The summed E-state index contributed by atoms with van der Waals surface area (Å²) in [6, 6.07) is 4.00. The van der Waals surface area contributed by atoms with Crippen LogP contribution in [0.4, 0.5) is 0 Å². The number of hydrogen-bond acceptors (Lipinski definition) is 5. The highest BCUT2D eigenvalue weighted by Gasteiger charge is 2.53. The van der Waals surface area contributed by atoms with Gasteiger partial charge in [-0.05, 0) is 36.0 Å². The number of rotatable bonds is 3. The monoisotopic (exact) mass is 324 g/mol. The molecule has 2 aliphatic heterocycles. The van der Waals surface area contributed by atoms with Crippen molar-refractivity contribution in [2.24, 2.45) is 17.6 Å². The minimum atomic E-state index is -0.528. The summed E-state index contributed by atoms with van der Waals surface area (Å²) in [4.78, 5) is 13.8. The van der Waals surface area contributed by atoms with E-state index in [-0.39, 0.29) is 18.4 Å². The van der Waals surface area contributed by atoms with Gasteiger partial charge in [0, 0.05) is 31.2 Å². The van der Waals surface area contributed by atoms with Gasteiger partial charge in [-0.15, -0.1) is 12.4 Å². The maximum Gasteiger partial charge on any atom is 0.338 e. The van der Waals surface area contributed by atoms with Crippen molar-refractivity contribution in [3.05, 3.63) is 34.4 Å². The van der Waals surface area contributed by atoms with E-state index >= 15 is 0 Å². The molecule has 0 bridgehead atoms. The first kappa shape index (κ1) is 15.7. The Hall–Kier alpha value is -1.14. The van der Waals surface area contributed by atoms with Gasteiger partial charge in [0.1, 0.15) is 6.61 Å². The van der Waals surface area contributed by atoms with Crippen LogP contribution in [0.25, 0.3) is 0 Å². The minimum absolute atomic E-state index is 0. The van der Waals surface area contributed by atoms with Crippen molar-refractivity contribution in [3.63, 3.8) is 0 Å². The van der Waals surface area contributed by atoms with Gasteiger partial charge >= 0.3 is 5.97 Å². The van der Waals surface area contributed by atoms with Crippen molar-refractivity contribution in [1.29, 1.82) is 0 Å². The number of fused-ring (bicyclic) bond motifs is 2. The number of nitrogens with zero attached hydrogens (tertiary/aromatic N) is 1. The minimum Gasteiger partial charge on any atom is -0.457 e. The molecule has 4 rings (SSSR count). The summed E-state index contributed by atoms with van der Waals surface area (Å²) in [5.41, 5.74) is 9.37. The number of piperidine rings is 1. The molecule has 2 unspecified atom stereocenters. The van der Waals surface area contributed by atoms with Gasteiger partial charge in [-0.2, -0.15) is 0 Å². The number of carbonyl (C=O) groups is 1. The molecule has 5 nitrogen and oxygen atoms in total. The van der Waals surface area contributed by atoms with Crippen LogP contribution < -0.4 is 5.73 Å². The zero-order chi connectivity index (χ0) is 14.7. The summed E-state index contributed by atoms with van der Waals surface area (Å²) in [5.74, 6) is 0.997. The molecule has 1 saturated carbocycles. The Balaban J connectivity index is 0.00000144. The van der Waals surface area contributed by atoms with Gasteiger partial charge in [-0.25, -0.2) is 4.79 Å². The largest absolute Gasteiger partial charge is 0.457 e. The number of aliphatic hydroxyl groups is 1. The van der Waals surface area contributed by atoms with Gasteiger partial charge in [-0.1, -0.05) is 6.07 Å². The van der Waals surface area contributed by atoms with E-state index in [1.807, 2.05) is 13.0 Å². The molecule has 2 heterocycles. The lowest BCUT2D eigenvalue weighted by atomic mass is 9.95. The Labute approximate surface area is 135 Å². The summed E-state index contributed by atoms with van der Waals surface area (Å²) in [6.07, 6.45) is -0.528. The second kappa shape index (κ2) is 5.49. The van der Waals surface area contributed by atoms with E-state index in [1.54, 1.807) is 6.07 Å². The van der Waals surface area contributed by atoms with E-state index in [0.717, 1.165) is 29.8 Å². The molecule has 1 aromatic carbocycles. The van der Waals surface area contributed by atoms with Gasteiger partial charge in [-0.3, -0.25) is 4.90 Å². The summed E-state index contributed by atoms with van der Waals surface area (Å²) in [7, 11) is 0. The standard InChI is InChI=1S/C16H20N2O3.ClH/c1-8-9(2-3-10-13(8)7-21-16(10)20)14(19)6-18-4-11-12(5-18)15(11)17;/h2-3,11-12,14-15,19H,4-7,17H2,1H3;1H/t11?,12?,14-,15?;/m0./s1. The van der Waals surface area contributed by atoms with Gasteiger partial charge in [0.15, 0.2) is 0 Å². The molecule has 1 aliphatic carbocycles. The fourth-order valence-corrected chi connectivity index (χ4v) is 3.88. The number of likely N-dealkylation sites (tertiary alicyclic amines) is 1. The van der Waals surface area contributed by atoms with E-state index in [2.05, 4.69) is 4.90 Å². The summed E-state index contributed by atoms with van der Waals surface area (Å²) < 4.78 is 5.06. The van der Waals surface area contributed by atoms with Crippen molar-refractivity contribution < 1.29 is 14.6 Å². The average Bonchev–Trinajstić information content (AvgIpc) is 2.85. The normalized spacial score (nSPS) is 30.3. The Bertz CT molecular complexity index is 610. The van der Waals surface area contributed by atoms with Gasteiger partial charge in [0.25, 0.3) is 0 Å². The third kappa shape index (κ3) is 2.33. The molecule has 22 heavy (non-hydrogen) atoms. The molecule has 1 saturated heterocycles. The second-order valence-electron chi connectivity index (χ2n) is 6.52. The maximum absolute atomic E-state index is 11.5. The van der Waals surface area contributed by atoms with Crippen LogP contribution in [0.2, 0.25) is 0 Å². The van der Waals surface area contributed by atoms with Crippen LogP contribution in [0.15, 0.2) is 12.1 Å². The number of cyclic esters (lactones) is 1. The topological polar surface area (TPSA) is 75.8 Å². The lowest BCUT2D eigenvalue weighted by Gasteiger charge is -2.23. The number of β-amino-alcohol motifs (C(OH)–C–C–N with tert-alkyl or cyclic N) is 1. The van der Waals surface area contributed by atoms with Crippen molar-refractivity contribution in [2.45, 2.75) is 25.7 Å². The van der Waals surface area contributed by atoms with Crippen molar-refractivity contribution in [1.82, 2.24) is 4.90 Å². The number of benzene rings is 1. The maximum atomic E-state index is 11.5. The quantitative estimate of drug-likeness (QED) is 0.812. The highest BCUT2D eigenvalue weighted by molar-refractivity contribution is 5.93. The van der Waals surface area contributed by atoms with Gasteiger partial charge < -0.3 is 15.6 Å². The van der Waals surface area contributed by atoms with E-state index in [4.69, 9.17) is 10.5 Å². The highest BCUT2D eigenvalue weighted by atomic mass is 35.5. The van der Waals surface area contributed by atoms with Crippen molar-refractivity contribution >= 4 is 18.4 Å². The number of carbonyl (C=O) groups excluding carboxylic acids is 1. The van der Waals surface area contributed by atoms with Crippen LogP contribution in [0.5, 0.6) is 0 Å². The first-order valence-electron chi connectivity index (χ1n) is 7.51. The number of ether oxygens (including phenoxy) is 1. The van der Waals surface area contributed by atoms with Crippen molar-refractivity contribution in [2.75, 3.05) is 19.6 Å². The third-order valence-corrected chi connectivity index (χ3v) is 5.33. The predicted molar refractivity (Wildman–Crippen MR) is 83.9 cm³/mol. The van der Waals surface area contributed by atoms with Crippen LogP contribution in [0, 0.1) is 18.8 Å². The molecule has 120 valence electrons. The van der Waals surface area contributed by atoms with Gasteiger partial charge in [0.2, 0.25) is 0 Å². The van der Waals surface area contributed by atoms with E-state index in [1.165, 1.54) is 0 Å². The molecule has 0 amide bonds. The number of aliphatic hydroxyl groups excluding tert-OH is 1. The summed E-state index contributed by atoms with van der Waals surface area (Å²) in [5, 5.41) is 10.5. The number of esters is 1. The van der Waals surface area contributed by atoms with Crippen LogP contribution >= 0.6 is 12.4 Å². The second-order valence-corrected chi connectivity index (χ2v) is 6.52. The molecular weight excluding hydrogens is 304 g/mol. The Morgan fingerprint density at radius 1 is 1.41 bits per heavy atom. The summed E-state index contributed by atoms with van der Waals surface area (Å²) >= 11 is 0. The van der Waals surface area contributed by atoms with Gasteiger partial charge in [0.05, 0.1) is 11.7 Å². The first-order chi connectivity index (χ1) is 10.1. The molecule has 0 spiro atoms. The third-order valence-electron chi connectivity index (χ3n) is 5.33. The lowest BCUT2D eigenvalue weighted by Crippen LogP contribution is -2.32. The number of hydrogen-bond donors (Lipinski definition) is 2. The van der Waals surface area contributed by atoms with E-state index < -0.39 is 6.10 Å². The smallest absolute Gasteiger partial charge is 0.338 e. The number of halogens is 1. The molecule has 3 atom stereocenters. The zero-order valence-electron chi connectivity index (χ0n) is 12.5. The summed E-state index contributed by atoms with van der Waals surface area (Å²) in [6.45, 7) is 4.90. The van der Waals surface area contributed by atoms with E-state index in [0.29, 0.717) is 36.6 Å². The van der Waals surface area contributed by atoms with Crippen LogP contribution in [0.1, 0.15) is 33.2 Å². The predicted octanol–water partition coefficient (Wildman–Crippen LogP) is 1.01. The lowest BCUT2D eigenvalue weighted by molar-refractivity contribution is 0.0535. The zero-order valence-corrected chi connectivity index (χ0v) is 13.3. The Morgan fingerprint density at radius 3 is 2.77 bits per heavy atom. The Morgan fingerprint density at radius 2 is 2.09 bits per heavy atom.